The first-order valence-electron chi connectivity index (χ1n) is 13.4. The van der Waals surface area contributed by atoms with Crippen LogP contribution < -0.4 is 0 Å². The lowest BCUT2D eigenvalue weighted by Crippen LogP contribution is -2.48. The molecule has 3 aromatic rings. The first kappa shape index (κ1) is 22.7. The van der Waals surface area contributed by atoms with Crippen molar-refractivity contribution < 1.29 is 9.59 Å². The molecule has 4 heterocycles. The normalized spacial score (nSPS) is 20.1. The van der Waals surface area contributed by atoms with E-state index in [1.165, 1.54) is 45.2 Å². The van der Waals surface area contributed by atoms with E-state index in [0.717, 1.165) is 54.4 Å². The lowest BCUT2D eigenvalue weighted by Gasteiger charge is -2.40. The van der Waals surface area contributed by atoms with Gasteiger partial charge in [-0.05, 0) is 69.7 Å². The number of benzene rings is 1. The quantitative estimate of drug-likeness (QED) is 0.553. The number of carbonyl (C=O) groups is 2. The van der Waals surface area contributed by atoms with Gasteiger partial charge in [-0.3, -0.25) is 9.36 Å². The summed E-state index contributed by atoms with van der Waals surface area (Å²) in [5.41, 5.74) is 3.51. The highest BCUT2D eigenvalue weighted by atomic mass is 16.2. The predicted octanol–water partition coefficient (Wildman–Crippen LogP) is 4.63. The van der Waals surface area contributed by atoms with Gasteiger partial charge < -0.3 is 19.3 Å². The van der Waals surface area contributed by atoms with Crippen LogP contribution in [0.3, 0.4) is 0 Å². The van der Waals surface area contributed by atoms with Crippen LogP contribution in [-0.2, 0) is 6.54 Å². The Morgan fingerprint density at radius 1 is 0.914 bits per heavy atom. The van der Waals surface area contributed by atoms with Gasteiger partial charge in [-0.2, -0.15) is 0 Å². The van der Waals surface area contributed by atoms with E-state index < -0.39 is 0 Å². The van der Waals surface area contributed by atoms with E-state index in [1.54, 1.807) is 23.6 Å². The molecule has 6 rings (SSSR count). The summed E-state index contributed by atoms with van der Waals surface area (Å²) in [6.45, 7) is 4.85. The maximum Gasteiger partial charge on any atom is 0.328 e. The largest absolute Gasteiger partial charge is 0.339 e. The molecule has 0 N–H and O–H groups in total. The van der Waals surface area contributed by atoms with Crippen molar-refractivity contribution in [1.82, 2.24) is 23.8 Å². The summed E-state index contributed by atoms with van der Waals surface area (Å²) >= 11 is 0. The van der Waals surface area contributed by atoms with Gasteiger partial charge in [-0.1, -0.05) is 24.6 Å². The topological polar surface area (TPSA) is 53.7 Å². The second kappa shape index (κ2) is 9.01. The number of likely N-dealkylation sites (tertiary alicyclic amines) is 2. The molecule has 1 saturated carbocycles. The highest BCUT2D eigenvalue weighted by Gasteiger charge is 2.33. The molecule has 2 amide bonds. The summed E-state index contributed by atoms with van der Waals surface area (Å²) in [5.74, 6) is 0.672. The summed E-state index contributed by atoms with van der Waals surface area (Å²) in [4.78, 5) is 33.5. The number of aromatic nitrogens is 2. The molecular weight excluding hydrogens is 438 g/mol. The molecule has 7 nitrogen and oxygen atoms in total. The third-order valence-corrected chi connectivity index (χ3v) is 8.31. The minimum atomic E-state index is -0.166. The van der Waals surface area contributed by atoms with E-state index in [-0.39, 0.29) is 11.9 Å². The zero-order valence-corrected chi connectivity index (χ0v) is 21.1. The zero-order chi connectivity index (χ0) is 24.1. The van der Waals surface area contributed by atoms with E-state index in [0.29, 0.717) is 17.7 Å². The van der Waals surface area contributed by atoms with Gasteiger partial charge in [0.05, 0.1) is 16.6 Å². The fourth-order valence-electron chi connectivity index (χ4n) is 6.19. The summed E-state index contributed by atoms with van der Waals surface area (Å²) < 4.78 is 4.02. The van der Waals surface area contributed by atoms with Crippen LogP contribution in [-0.4, -0.2) is 82.1 Å². The highest BCUT2D eigenvalue weighted by molar-refractivity contribution is 6.14. The van der Waals surface area contributed by atoms with E-state index in [4.69, 9.17) is 0 Å². The Morgan fingerprint density at radius 3 is 2.31 bits per heavy atom. The summed E-state index contributed by atoms with van der Waals surface area (Å²) in [6.07, 6.45) is 8.48. The standard InChI is InChI=1S/C28H37N5O2/c1-29(2)28(35)33-25(27(34)31-16-12-21(13-17-31)30-14-6-3-7-15-30)18-24-26(33)22-8-4-5-9-23(22)32(24)19-20-10-11-20/h4-5,8-9,18,20-21H,3,6-7,10-17,19H2,1-2H3. The molecule has 0 radical (unpaired) electrons. The second-order valence-corrected chi connectivity index (χ2v) is 11.0. The predicted molar refractivity (Wildman–Crippen MR) is 139 cm³/mol. The molecule has 0 atom stereocenters. The van der Waals surface area contributed by atoms with Gasteiger partial charge in [0.2, 0.25) is 0 Å². The molecule has 35 heavy (non-hydrogen) atoms. The molecule has 1 aliphatic carbocycles. The molecule has 2 saturated heterocycles. The smallest absolute Gasteiger partial charge is 0.328 e. The van der Waals surface area contributed by atoms with Crippen LogP contribution >= 0.6 is 0 Å². The SMILES string of the molecule is CN(C)C(=O)n1c(C(=O)N2CCC(N3CCCCC3)CC2)cc2c1c1ccccc1n2CC1CC1. The average Bonchev–Trinajstić information content (AvgIpc) is 3.56. The Hall–Kier alpha value is -2.80. The van der Waals surface area contributed by atoms with Crippen molar-refractivity contribution in [3.63, 3.8) is 0 Å². The van der Waals surface area contributed by atoms with Crippen molar-refractivity contribution in [2.75, 3.05) is 40.3 Å². The third kappa shape index (κ3) is 4.03. The summed E-state index contributed by atoms with van der Waals surface area (Å²) in [7, 11) is 3.52. The summed E-state index contributed by atoms with van der Waals surface area (Å²) in [5, 5.41) is 1.04. The zero-order valence-electron chi connectivity index (χ0n) is 21.1. The van der Waals surface area contributed by atoms with Crippen LogP contribution in [0.2, 0.25) is 0 Å². The van der Waals surface area contributed by atoms with E-state index in [9.17, 15) is 9.59 Å². The van der Waals surface area contributed by atoms with Crippen molar-refractivity contribution in [2.24, 2.45) is 5.92 Å². The van der Waals surface area contributed by atoms with Crippen LogP contribution in [0.5, 0.6) is 0 Å². The molecule has 3 fully saturated rings. The van der Waals surface area contributed by atoms with Crippen LogP contribution in [0.1, 0.15) is 55.4 Å². The molecule has 0 unspecified atom stereocenters. The molecule has 7 heteroatoms. The fourth-order valence-corrected chi connectivity index (χ4v) is 6.19. The molecule has 0 spiro atoms. The van der Waals surface area contributed by atoms with Crippen molar-refractivity contribution in [3.05, 3.63) is 36.0 Å². The maximum absolute atomic E-state index is 13.9. The highest BCUT2D eigenvalue weighted by Crippen LogP contribution is 2.37. The van der Waals surface area contributed by atoms with Crippen molar-refractivity contribution in [2.45, 2.75) is 57.5 Å². The van der Waals surface area contributed by atoms with Crippen LogP contribution in [0, 0.1) is 5.92 Å². The Bertz CT molecular complexity index is 1250. The van der Waals surface area contributed by atoms with E-state index in [2.05, 4.69) is 27.7 Å². The van der Waals surface area contributed by atoms with Gasteiger partial charge in [0, 0.05) is 45.2 Å². The molecule has 2 aromatic heterocycles. The van der Waals surface area contributed by atoms with Crippen LogP contribution in [0.25, 0.3) is 21.9 Å². The molecular formula is C28H37N5O2. The van der Waals surface area contributed by atoms with Gasteiger partial charge in [-0.15, -0.1) is 0 Å². The number of piperidine rings is 2. The fraction of sp³-hybridized carbons (Fsp3) is 0.571. The number of carbonyl (C=O) groups excluding carboxylic acids is 2. The second-order valence-electron chi connectivity index (χ2n) is 11.0. The number of amides is 2. The summed E-state index contributed by atoms with van der Waals surface area (Å²) in [6, 6.07) is 10.7. The molecule has 3 aliphatic rings. The molecule has 0 bridgehead atoms. The monoisotopic (exact) mass is 475 g/mol. The van der Waals surface area contributed by atoms with Crippen LogP contribution in [0.15, 0.2) is 30.3 Å². The van der Waals surface area contributed by atoms with Crippen LogP contribution in [0.4, 0.5) is 4.79 Å². The van der Waals surface area contributed by atoms with Gasteiger partial charge in [0.1, 0.15) is 5.69 Å². The first-order valence-corrected chi connectivity index (χ1v) is 13.4. The maximum atomic E-state index is 13.9. The van der Waals surface area contributed by atoms with Crippen molar-refractivity contribution >= 4 is 33.9 Å². The molecule has 186 valence electrons. The van der Waals surface area contributed by atoms with E-state index in [1.807, 2.05) is 17.0 Å². The number of hydrogen-bond donors (Lipinski definition) is 0. The first-order chi connectivity index (χ1) is 17.0. The van der Waals surface area contributed by atoms with Gasteiger partial charge in [-0.25, -0.2) is 4.79 Å². The van der Waals surface area contributed by atoms with Gasteiger partial charge in [0.15, 0.2) is 0 Å². The lowest BCUT2D eigenvalue weighted by atomic mass is 9.99. The van der Waals surface area contributed by atoms with E-state index >= 15 is 0 Å². The lowest BCUT2D eigenvalue weighted by molar-refractivity contribution is 0.0582. The Balaban J connectivity index is 1.36. The Morgan fingerprint density at radius 2 is 1.63 bits per heavy atom. The minimum absolute atomic E-state index is 0.0180. The number of rotatable bonds is 4. The van der Waals surface area contributed by atoms with Gasteiger partial charge >= 0.3 is 6.03 Å². The molecule has 1 aromatic carbocycles. The Kier molecular flexibility index (Phi) is 5.83. The average molecular weight is 476 g/mol. The number of para-hydroxylation sites is 1. The minimum Gasteiger partial charge on any atom is -0.339 e. The van der Waals surface area contributed by atoms with Crippen molar-refractivity contribution in [1.29, 1.82) is 0 Å². The molecule has 2 aliphatic heterocycles. The number of fused-ring (bicyclic) bond motifs is 3. The van der Waals surface area contributed by atoms with Crippen molar-refractivity contribution in [3.8, 4) is 0 Å². The third-order valence-electron chi connectivity index (χ3n) is 8.31. The van der Waals surface area contributed by atoms with Gasteiger partial charge in [0.25, 0.3) is 5.91 Å². The Labute approximate surface area is 207 Å². The number of nitrogens with zero attached hydrogens (tertiary/aromatic N) is 5. The number of hydrogen-bond acceptors (Lipinski definition) is 3.